The molecule has 0 aliphatic carbocycles. The lowest BCUT2D eigenvalue weighted by atomic mass is 10.1. The molecule has 6 heteroatoms. The second-order valence-electron chi connectivity index (χ2n) is 6.99. The van der Waals surface area contributed by atoms with Crippen molar-refractivity contribution in [2.45, 2.75) is 45.9 Å². The molecule has 0 radical (unpaired) electrons. The number of fused-ring (bicyclic) bond motifs is 3. The number of hydrogen-bond donors (Lipinski definition) is 1. The zero-order valence-corrected chi connectivity index (χ0v) is 15.8. The van der Waals surface area contributed by atoms with Crippen LogP contribution in [0.5, 0.6) is 0 Å². The number of ether oxygens (including phenoxy) is 1. The fourth-order valence-corrected chi connectivity index (χ4v) is 3.99. The molecule has 3 aromatic rings. The summed E-state index contributed by atoms with van der Waals surface area (Å²) in [7, 11) is 0. The Hall–Kier alpha value is -2.44. The van der Waals surface area contributed by atoms with Crippen molar-refractivity contribution < 1.29 is 9.84 Å². The minimum Gasteiger partial charge on any atom is -0.392 e. The number of rotatable bonds is 4. The first-order valence-corrected chi connectivity index (χ1v) is 9.60. The van der Waals surface area contributed by atoms with Crippen LogP contribution in [0.3, 0.4) is 0 Å². The average Bonchev–Trinajstić information content (AvgIpc) is 3.05. The van der Waals surface area contributed by atoms with Crippen LogP contribution in [-0.4, -0.2) is 32.7 Å². The van der Waals surface area contributed by atoms with Gasteiger partial charge in [-0.25, -0.2) is 4.68 Å². The summed E-state index contributed by atoms with van der Waals surface area (Å²) in [6.07, 6.45) is 6.57. The lowest BCUT2D eigenvalue weighted by molar-refractivity contribution is -0.0402. The fourth-order valence-electron chi connectivity index (χ4n) is 3.99. The first-order valence-electron chi connectivity index (χ1n) is 9.60. The second-order valence-corrected chi connectivity index (χ2v) is 6.99. The summed E-state index contributed by atoms with van der Waals surface area (Å²) in [5.41, 5.74) is 3.44. The van der Waals surface area contributed by atoms with E-state index in [0.717, 1.165) is 53.5 Å². The molecule has 0 amide bonds. The van der Waals surface area contributed by atoms with Crippen molar-refractivity contribution in [3.05, 3.63) is 45.9 Å². The number of aliphatic hydroxyl groups excluding tert-OH is 1. The van der Waals surface area contributed by atoms with Crippen LogP contribution >= 0.6 is 0 Å². The van der Waals surface area contributed by atoms with E-state index in [1.165, 1.54) is 0 Å². The maximum Gasteiger partial charge on any atom is 0.262 e. The van der Waals surface area contributed by atoms with Gasteiger partial charge >= 0.3 is 0 Å². The van der Waals surface area contributed by atoms with Gasteiger partial charge in [-0.2, -0.15) is 5.10 Å². The molecule has 27 heavy (non-hydrogen) atoms. The zero-order chi connectivity index (χ0) is 19.0. The van der Waals surface area contributed by atoms with Gasteiger partial charge in [0.1, 0.15) is 11.7 Å². The van der Waals surface area contributed by atoms with Crippen molar-refractivity contribution in [2.75, 3.05) is 13.2 Å². The Morgan fingerprint density at radius 2 is 2.22 bits per heavy atom. The Labute approximate surface area is 157 Å². The number of aryl methyl sites for hydroxylation is 2. The van der Waals surface area contributed by atoms with Gasteiger partial charge in [0.2, 0.25) is 0 Å². The lowest BCUT2D eigenvalue weighted by Gasteiger charge is -2.23. The van der Waals surface area contributed by atoms with E-state index >= 15 is 0 Å². The van der Waals surface area contributed by atoms with E-state index in [-0.39, 0.29) is 18.4 Å². The number of nitrogens with zero attached hydrogens (tertiary/aromatic N) is 3. The van der Waals surface area contributed by atoms with Gasteiger partial charge < -0.3 is 14.4 Å². The lowest BCUT2D eigenvalue weighted by Crippen LogP contribution is -2.21. The molecule has 1 N–H and O–H groups in total. The minimum absolute atomic E-state index is 0.00166. The predicted molar refractivity (Wildman–Crippen MR) is 107 cm³/mol. The highest BCUT2D eigenvalue weighted by atomic mass is 16.5. The summed E-state index contributed by atoms with van der Waals surface area (Å²) in [4.78, 5) is 13.2. The Kier molecular flexibility index (Phi) is 4.85. The molecule has 1 fully saturated rings. The van der Waals surface area contributed by atoms with Gasteiger partial charge in [-0.3, -0.25) is 4.79 Å². The summed E-state index contributed by atoms with van der Waals surface area (Å²) in [6, 6.07) is 5.95. The van der Waals surface area contributed by atoms with E-state index in [1.54, 1.807) is 10.6 Å². The summed E-state index contributed by atoms with van der Waals surface area (Å²) in [5.74, 6) is 0. The maximum absolute atomic E-state index is 13.2. The van der Waals surface area contributed by atoms with Gasteiger partial charge in [0, 0.05) is 18.5 Å². The third-order valence-electron chi connectivity index (χ3n) is 5.34. The molecule has 2 aromatic heterocycles. The van der Waals surface area contributed by atoms with Crippen LogP contribution in [0.1, 0.15) is 43.7 Å². The molecule has 1 aliphatic heterocycles. The molecule has 0 bridgehead atoms. The SMILES string of the molecule is CCn1c(=O)c2c(C)n(C3CCCCO3)nc2c2cc(/C=C/CO)ccc21. The van der Waals surface area contributed by atoms with E-state index < -0.39 is 0 Å². The van der Waals surface area contributed by atoms with Crippen molar-refractivity contribution in [1.82, 2.24) is 14.3 Å². The Bertz CT molecular complexity index is 1070. The van der Waals surface area contributed by atoms with Gasteiger partial charge in [-0.05, 0) is 50.8 Å². The standard InChI is InChI=1S/C21H25N3O3/c1-3-23-17-10-9-15(7-6-11-25)13-16(17)20-19(21(23)26)14(2)24(22-20)18-8-4-5-12-27-18/h6-7,9-10,13,18,25H,3-5,8,11-12H2,1-2H3/b7-6+. The molecule has 0 spiro atoms. The topological polar surface area (TPSA) is 69.3 Å². The van der Waals surface area contributed by atoms with Crippen LogP contribution < -0.4 is 5.56 Å². The second kappa shape index (κ2) is 7.29. The van der Waals surface area contributed by atoms with E-state index in [1.807, 2.05) is 42.8 Å². The van der Waals surface area contributed by atoms with Crippen LogP contribution in [0.25, 0.3) is 27.9 Å². The van der Waals surface area contributed by atoms with Crippen molar-refractivity contribution in [1.29, 1.82) is 0 Å². The van der Waals surface area contributed by atoms with E-state index in [0.29, 0.717) is 11.9 Å². The molecular weight excluding hydrogens is 342 g/mol. The summed E-state index contributed by atoms with van der Waals surface area (Å²) >= 11 is 0. The smallest absolute Gasteiger partial charge is 0.262 e. The van der Waals surface area contributed by atoms with E-state index in [9.17, 15) is 4.79 Å². The average molecular weight is 367 g/mol. The third-order valence-corrected chi connectivity index (χ3v) is 5.34. The fraction of sp³-hybridized carbons (Fsp3) is 0.429. The van der Waals surface area contributed by atoms with Crippen molar-refractivity contribution in [2.24, 2.45) is 0 Å². The molecule has 6 nitrogen and oxygen atoms in total. The van der Waals surface area contributed by atoms with E-state index in [4.69, 9.17) is 14.9 Å². The summed E-state index contributed by atoms with van der Waals surface area (Å²) in [6.45, 7) is 5.26. The first-order chi connectivity index (χ1) is 13.2. The van der Waals surface area contributed by atoms with Crippen molar-refractivity contribution >= 4 is 27.9 Å². The molecule has 1 saturated heterocycles. The molecule has 1 aliphatic rings. The van der Waals surface area contributed by atoms with Gasteiger partial charge in [0.25, 0.3) is 5.56 Å². The van der Waals surface area contributed by atoms with Crippen LogP contribution in [-0.2, 0) is 11.3 Å². The number of aliphatic hydroxyl groups is 1. The number of hydrogen-bond acceptors (Lipinski definition) is 4. The van der Waals surface area contributed by atoms with Crippen LogP contribution in [0.4, 0.5) is 0 Å². The quantitative estimate of drug-likeness (QED) is 0.767. The molecule has 1 aromatic carbocycles. The van der Waals surface area contributed by atoms with Gasteiger partial charge in [-0.1, -0.05) is 18.2 Å². The van der Waals surface area contributed by atoms with Gasteiger partial charge in [0.15, 0.2) is 0 Å². The highest BCUT2D eigenvalue weighted by Gasteiger charge is 2.23. The number of pyridine rings is 1. The molecular formula is C21H25N3O3. The summed E-state index contributed by atoms with van der Waals surface area (Å²) < 4.78 is 9.61. The highest BCUT2D eigenvalue weighted by Crippen LogP contribution is 2.30. The third kappa shape index (κ3) is 2.99. The number of benzene rings is 1. The molecule has 1 atom stereocenters. The van der Waals surface area contributed by atoms with Crippen molar-refractivity contribution in [3.8, 4) is 0 Å². The summed E-state index contributed by atoms with van der Waals surface area (Å²) in [5, 5.41) is 15.5. The zero-order valence-electron chi connectivity index (χ0n) is 15.8. The highest BCUT2D eigenvalue weighted by molar-refractivity contribution is 6.04. The van der Waals surface area contributed by atoms with Crippen molar-refractivity contribution in [3.63, 3.8) is 0 Å². The maximum atomic E-state index is 13.2. The predicted octanol–water partition coefficient (Wildman–Crippen LogP) is 3.38. The molecule has 4 rings (SSSR count). The van der Waals surface area contributed by atoms with E-state index in [2.05, 4.69) is 0 Å². The first kappa shape index (κ1) is 17.9. The normalized spacial score (nSPS) is 18.1. The van der Waals surface area contributed by atoms with Crippen LogP contribution in [0.15, 0.2) is 29.1 Å². The molecule has 0 saturated carbocycles. The van der Waals surface area contributed by atoms with Gasteiger partial charge in [0.05, 0.1) is 23.2 Å². The van der Waals surface area contributed by atoms with Crippen LogP contribution in [0, 0.1) is 6.92 Å². The Balaban J connectivity index is 2.02. The Morgan fingerprint density at radius 3 is 2.93 bits per heavy atom. The monoisotopic (exact) mass is 367 g/mol. The van der Waals surface area contributed by atoms with Crippen LogP contribution in [0.2, 0.25) is 0 Å². The molecule has 3 heterocycles. The molecule has 1 unspecified atom stereocenters. The molecule has 142 valence electrons. The minimum atomic E-state index is -0.104. The largest absolute Gasteiger partial charge is 0.392 e. The Morgan fingerprint density at radius 1 is 1.37 bits per heavy atom. The van der Waals surface area contributed by atoms with Gasteiger partial charge in [-0.15, -0.1) is 0 Å². The number of aromatic nitrogens is 3.